The Labute approximate surface area is 120 Å². The van der Waals surface area contributed by atoms with Gasteiger partial charge in [0, 0.05) is 4.88 Å². The number of hydrogen-bond donors (Lipinski definition) is 1. The molecule has 4 aliphatic carbocycles. The average Bonchev–Trinajstić information content (AvgIpc) is 2.87. The molecular weight excluding hydrogens is 252 g/mol. The van der Waals surface area contributed by atoms with Crippen LogP contribution >= 0.6 is 11.3 Å². The molecule has 4 bridgehead atoms. The molecule has 19 heavy (non-hydrogen) atoms. The van der Waals surface area contributed by atoms with Crippen LogP contribution in [-0.2, 0) is 6.42 Å². The minimum absolute atomic E-state index is 0.0528. The lowest BCUT2D eigenvalue weighted by Gasteiger charge is -2.58. The smallest absolute Gasteiger partial charge is 0.0600 e. The van der Waals surface area contributed by atoms with E-state index in [1.165, 1.54) is 43.4 Å². The molecule has 1 aromatic heterocycles. The van der Waals surface area contributed by atoms with Gasteiger partial charge in [0.1, 0.15) is 0 Å². The Bertz CT molecular complexity index is 401. The molecule has 0 saturated heterocycles. The third-order valence-electron chi connectivity index (χ3n) is 6.04. The van der Waals surface area contributed by atoms with Crippen molar-refractivity contribution in [1.82, 2.24) is 0 Å². The van der Waals surface area contributed by atoms with Crippen molar-refractivity contribution in [3.8, 4) is 0 Å². The molecule has 0 spiro atoms. The summed E-state index contributed by atoms with van der Waals surface area (Å²) < 4.78 is 0. The van der Waals surface area contributed by atoms with Gasteiger partial charge in [0.2, 0.25) is 0 Å². The van der Waals surface area contributed by atoms with Gasteiger partial charge in [-0.05, 0) is 86.0 Å². The molecule has 1 nitrogen and oxygen atoms in total. The van der Waals surface area contributed by atoms with Crippen LogP contribution in [0.2, 0.25) is 0 Å². The largest absolute Gasteiger partial charge is 0.393 e. The van der Waals surface area contributed by atoms with Crippen LogP contribution in [0.15, 0.2) is 17.5 Å². The fourth-order valence-corrected chi connectivity index (χ4v) is 6.35. The second kappa shape index (κ2) is 4.60. The lowest BCUT2D eigenvalue weighted by molar-refractivity contribution is -0.121. The van der Waals surface area contributed by atoms with Crippen LogP contribution in [-0.4, -0.2) is 11.2 Å². The molecule has 1 unspecified atom stereocenters. The molecule has 4 saturated carbocycles. The highest BCUT2D eigenvalue weighted by atomic mass is 32.1. The molecule has 5 rings (SSSR count). The fourth-order valence-electron chi connectivity index (χ4n) is 5.63. The van der Waals surface area contributed by atoms with Crippen LogP contribution in [0, 0.1) is 23.2 Å². The summed E-state index contributed by atoms with van der Waals surface area (Å²) in [6.45, 7) is 0. The Morgan fingerprint density at radius 3 is 2.32 bits per heavy atom. The van der Waals surface area contributed by atoms with E-state index in [1.807, 2.05) is 11.3 Å². The maximum atomic E-state index is 10.8. The molecule has 0 aromatic carbocycles. The highest BCUT2D eigenvalue weighted by molar-refractivity contribution is 7.09. The van der Waals surface area contributed by atoms with Gasteiger partial charge >= 0.3 is 0 Å². The number of rotatable bonds is 4. The average molecular weight is 276 g/mol. The van der Waals surface area contributed by atoms with Gasteiger partial charge in [-0.25, -0.2) is 0 Å². The van der Waals surface area contributed by atoms with Crippen molar-refractivity contribution in [3.05, 3.63) is 22.4 Å². The minimum atomic E-state index is -0.0528. The van der Waals surface area contributed by atoms with Crippen LogP contribution in [0.3, 0.4) is 0 Å². The summed E-state index contributed by atoms with van der Waals surface area (Å²) in [6.07, 6.45) is 10.4. The maximum Gasteiger partial charge on any atom is 0.0600 e. The molecule has 4 aliphatic rings. The summed E-state index contributed by atoms with van der Waals surface area (Å²) in [6, 6.07) is 4.33. The number of hydrogen-bond acceptors (Lipinski definition) is 2. The second-order valence-electron chi connectivity index (χ2n) is 7.41. The molecule has 1 N–H and O–H groups in total. The van der Waals surface area contributed by atoms with E-state index >= 15 is 0 Å². The molecule has 0 aliphatic heterocycles. The Kier molecular flexibility index (Phi) is 3.00. The number of thiophene rings is 1. The predicted molar refractivity (Wildman–Crippen MR) is 79.3 cm³/mol. The number of aliphatic hydroxyl groups is 1. The van der Waals surface area contributed by atoms with Crippen LogP contribution in [0.1, 0.15) is 49.8 Å². The van der Waals surface area contributed by atoms with Gasteiger partial charge < -0.3 is 5.11 Å². The van der Waals surface area contributed by atoms with E-state index in [0.717, 1.165) is 30.6 Å². The summed E-state index contributed by atoms with van der Waals surface area (Å²) in [5.41, 5.74) is 0.312. The zero-order valence-corrected chi connectivity index (χ0v) is 12.4. The lowest BCUT2D eigenvalue weighted by atomic mass is 9.48. The fraction of sp³-hybridized carbons (Fsp3) is 0.765. The molecule has 4 fully saturated rings. The SMILES string of the molecule is OC(CCc1cccs1)C12CC3CC(CC(C3)C1)C2. The van der Waals surface area contributed by atoms with Crippen LogP contribution in [0.5, 0.6) is 0 Å². The first-order chi connectivity index (χ1) is 9.23. The number of aryl methyl sites for hydroxylation is 1. The normalized spacial score (nSPS) is 41.6. The third-order valence-corrected chi connectivity index (χ3v) is 6.97. The van der Waals surface area contributed by atoms with Gasteiger partial charge in [-0.1, -0.05) is 6.07 Å². The Morgan fingerprint density at radius 1 is 1.16 bits per heavy atom. The van der Waals surface area contributed by atoms with Gasteiger partial charge in [0.25, 0.3) is 0 Å². The molecule has 1 heterocycles. The van der Waals surface area contributed by atoms with E-state index in [9.17, 15) is 5.11 Å². The molecular formula is C17H24OS. The van der Waals surface area contributed by atoms with Gasteiger partial charge in [-0.2, -0.15) is 0 Å². The highest BCUT2D eigenvalue weighted by Crippen LogP contribution is 2.61. The topological polar surface area (TPSA) is 20.2 Å². The van der Waals surface area contributed by atoms with E-state index in [1.54, 1.807) is 0 Å². The molecule has 0 amide bonds. The van der Waals surface area contributed by atoms with Crippen LogP contribution in [0.25, 0.3) is 0 Å². The molecule has 1 atom stereocenters. The van der Waals surface area contributed by atoms with Gasteiger partial charge in [-0.15, -0.1) is 11.3 Å². The van der Waals surface area contributed by atoms with Crippen molar-refractivity contribution < 1.29 is 5.11 Å². The zero-order chi connectivity index (χ0) is 12.9. The van der Waals surface area contributed by atoms with Crippen molar-refractivity contribution in [2.45, 2.75) is 57.5 Å². The summed E-state index contributed by atoms with van der Waals surface area (Å²) in [5.74, 6) is 2.84. The first kappa shape index (κ1) is 12.4. The first-order valence-corrected chi connectivity index (χ1v) is 8.82. The van der Waals surface area contributed by atoms with E-state index in [-0.39, 0.29) is 6.10 Å². The van der Waals surface area contributed by atoms with Gasteiger partial charge in [-0.3, -0.25) is 0 Å². The Balaban J connectivity index is 1.45. The maximum absolute atomic E-state index is 10.8. The van der Waals surface area contributed by atoms with Crippen LogP contribution < -0.4 is 0 Å². The summed E-state index contributed by atoms with van der Waals surface area (Å²) >= 11 is 1.83. The summed E-state index contributed by atoms with van der Waals surface area (Å²) in [7, 11) is 0. The highest BCUT2D eigenvalue weighted by Gasteiger charge is 2.53. The Hall–Kier alpha value is -0.340. The minimum Gasteiger partial charge on any atom is -0.393 e. The summed E-state index contributed by atoms with van der Waals surface area (Å²) in [5, 5.41) is 13.0. The molecule has 104 valence electrons. The molecule has 2 heteroatoms. The molecule has 1 aromatic rings. The van der Waals surface area contributed by atoms with E-state index in [4.69, 9.17) is 0 Å². The monoisotopic (exact) mass is 276 g/mol. The third kappa shape index (κ3) is 2.17. The lowest BCUT2D eigenvalue weighted by Crippen LogP contribution is -2.51. The Morgan fingerprint density at radius 2 is 1.79 bits per heavy atom. The van der Waals surface area contributed by atoms with Crippen molar-refractivity contribution >= 4 is 11.3 Å². The van der Waals surface area contributed by atoms with Crippen LogP contribution in [0.4, 0.5) is 0 Å². The second-order valence-corrected chi connectivity index (χ2v) is 8.45. The van der Waals surface area contributed by atoms with Gasteiger partial charge in [0.05, 0.1) is 6.10 Å². The van der Waals surface area contributed by atoms with E-state index < -0.39 is 0 Å². The standard InChI is InChI=1S/C17H24OS/c18-16(4-3-15-2-1-5-19-15)17-9-12-6-13(10-17)8-14(7-12)11-17/h1-2,5,12-14,16,18H,3-4,6-11H2. The summed E-state index contributed by atoms with van der Waals surface area (Å²) in [4.78, 5) is 1.43. The quantitative estimate of drug-likeness (QED) is 0.871. The van der Waals surface area contributed by atoms with E-state index in [0.29, 0.717) is 5.41 Å². The predicted octanol–water partition coefficient (Wildman–Crippen LogP) is 4.26. The van der Waals surface area contributed by atoms with Crippen molar-refractivity contribution in [2.24, 2.45) is 23.2 Å². The molecule has 0 radical (unpaired) electrons. The number of aliphatic hydroxyl groups excluding tert-OH is 1. The van der Waals surface area contributed by atoms with Crippen molar-refractivity contribution in [2.75, 3.05) is 0 Å². The first-order valence-electron chi connectivity index (χ1n) is 7.94. The van der Waals surface area contributed by atoms with Crippen molar-refractivity contribution in [1.29, 1.82) is 0 Å². The van der Waals surface area contributed by atoms with Gasteiger partial charge in [0.15, 0.2) is 0 Å². The van der Waals surface area contributed by atoms with Crippen molar-refractivity contribution in [3.63, 3.8) is 0 Å². The van der Waals surface area contributed by atoms with E-state index in [2.05, 4.69) is 17.5 Å². The zero-order valence-electron chi connectivity index (χ0n) is 11.6.